The van der Waals surface area contributed by atoms with Gasteiger partial charge >= 0.3 is 0 Å². The highest BCUT2D eigenvalue weighted by Crippen LogP contribution is 2.27. The van der Waals surface area contributed by atoms with Gasteiger partial charge in [-0.15, -0.1) is 0 Å². The van der Waals surface area contributed by atoms with Gasteiger partial charge in [-0.1, -0.05) is 0 Å². The van der Waals surface area contributed by atoms with Crippen molar-refractivity contribution >= 4 is 15.7 Å². The van der Waals surface area contributed by atoms with Crippen LogP contribution in [-0.2, 0) is 14.6 Å². The predicted molar refractivity (Wildman–Crippen MR) is 60.8 cm³/mol. The van der Waals surface area contributed by atoms with E-state index in [1.54, 1.807) is 4.90 Å². The zero-order valence-electron chi connectivity index (χ0n) is 9.53. The summed E-state index contributed by atoms with van der Waals surface area (Å²) in [5, 5.41) is 3.18. The Kier molecular flexibility index (Phi) is 2.96. The molecule has 92 valence electrons. The number of carbonyl (C=O) groups is 1. The third kappa shape index (κ3) is 2.22. The summed E-state index contributed by atoms with van der Waals surface area (Å²) in [5.74, 6) is 0.331. The highest BCUT2D eigenvalue weighted by molar-refractivity contribution is 7.91. The number of carbonyl (C=O) groups excluding carboxylic acids is 1. The first-order valence-electron chi connectivity index (χ1n) is 5.64. The van der Waals surface area contributed by atoms with Crippen molar-refractivity contribution in [2.75, 3.05) is 37.7 Å². The van der Waals surface area contributed by atoms with Crippen molar-refractivity contribution in [2.24, 2.45) is 5.41 Å². The van der Waals surface area contributed by atoms with Crippen molar-refractivity contribution < 1.29 is 13.2 Å². The van der Waals surface area contributed by atoms with Crippen LogP contribution in [0.4, 0.5) is 0 Å². The van der Waals surface area contributed by atoms with Gasteiger partial charge in [0.25, 0.3) is 0 Å². The zero-order chi connectivity index (χ0) is 11.8. The van der Waals surface area contributed by atoms with Gasteiger partial charge in [0.1, 0.15) is 0 Å². The molecule has 1 atom stereocenters. The molecule has 0 aliphatic carbocycles. The molecule has 0 radical (unpaired) electrons. The summed E-state index contributed by atoms with van der Waals surface area (Å²) in [6.07, 6.45) is 0.842. The number of nitrogens with zero attached hydrogens (tertiary/aromatic N) is 1. The maximum Gasteiger partial charge on any atom is 0.229 e. The minimum absolute atomic E-state index is 0.104. The van der Waals surface area contributed by atoms with Crippen LogP contribution in [-0.4, -0.2) is 56.9 Å². The third-order valence-corrected chi connectivity index (χ3v) is 5.13. The largest absolute Gasteiger partial charge is 0.340 e. The Morgan fingerprint density at radius 2 is 1.94 bits per heavy atom. The van der Waals surface area contributed by atoms with Crippen LogP contribution >= 0.6 is 0 Å². The highest BCUT2D eigenvalue weighted by atomic mass is 32.2. The summed E-state index contributed by atoms with van der Waals surface area (Å²) >= 11 is 0. The summed E-state index contributed by atoms with van der Waals surface area (Å²) in [6, 6.07) is 0. The number of nitrogens with one attached hydrogen (secondary N) is 1. The fourth-order valence-electron chi connectivity index (χ4n) is 2.30. The second-order valence-corrected chi connectivity index (χ2v) is 7.24. The molecule has 1 unspecified atom stereocenters. The Labute approximate surface area is 96.1 Å². The fourth-order valence-corrected chi connectivity index (χ4v) is 3.50. The molecule has 6 heteroatoms. The third-order valence-electron chi connectivity index (χ3n) is 3.52. The Balaban J connectivity index is 2.01. The maximum absolute atomic E-state index is 12.2. The van der Waals surface area contributed by atoms with E-state index in [1.807, 2.05) is 6.92 Å². The molecule has 2 aliphatic rings. The molecule has 0 aromatic rings. The molecule has 0 spiro atoms. The number of hydrogen-bond donors (Lipinski definition) is 1. The van der Waals surface area contributed by atoms with E-state index in [-0.39, 0.29) is 22.8 Å². The van der Waals surface area contributed by atoms with Crippen LogP contribution in [0.5, 0.6) is 0 Å². The van der Waals surface area contributed by atoms with Gasteiger partial charge in [-0.2, -0.15) is 0 Å². The fraction of sp³-hybridized carbons (Fsp3) is 0.900. The number of hydrogen-bond acceptors (Lipinski definition) is 4. The summed E-state index contributed by atoms with van der Waals surface area (Å²) in [5.41, 5.74) is -0.332. The van der Waals surface area contributed by atoms with Crippen LogP contribution in [0.2, 0.25) is 0 Å². The van der Waals surface area contributed by atoms with E-state index in [0.29, 0.717) is 19.6 Å². The van der Waals surface area contributed by atoms with Crippen LogP contribution in [0.15, 0.2) is 0 Å². The molecule has 1 N–H and O–H groups in total. The molecule has 16 heavy (non-hydrogen) atoms. The molecule has 2 fully saturated rings. The van der Waals surface area contributed by atoms with E-state index in [2.05, 4.69) is 5.32 Å². The molecule has 2 aliphatic heterocycles. The van der Waals surface area contributed by atoms with Crippen molar-refractivity contribution in [3.63, 3.8) is 0 Å². The van der Waals surface area contributed by atoms with Gasteiger partial charge in [0.05, 0.1) is 16.9 Å². The van der Waals surface area contributed by atoms with Crippen molar-refractivity contribution in [1.29, 1.82) is 0 Å². The summed E-state index contributed by atoms with van der Waals surface area (Å²) in [6.45, 7) is 4.25. The van der Waals surface area contributed by atoms with Gasteiger partial charge in [-0.05, 0) is 19.9 Å². The normalized spacial score (nSPS) is 33.9. The molecule has 1 amide bonds. The van der Waals surface area contributed by atoms with E-state index in [9.17, 15) is 13.2 Å². The topological polar surface area (TPSA) is 66.5 Å². The maximum atomic E-state index is 12.2. The molecular weight excluding hydrogens is 228 g/mol. The van der Waals surface area contributed by atoms with Crippen LogP contribution in [0, 0.1) is 5.41 Å². The first-order chi connectivity index (χ1) is 7.43. The number of amides is 1. The smallest absolute Gasteiger partial charge is 0.229 e. The summed E-state index contributed by atoms with van der Waals surface area (Å²) < 4.78 is 22.5. The lowest BCUT2D eigenvalue weighted by molar-refractivity contribution is -0.139. The second kappa shape index (κ2) is 4.00. The van der Waals surface area contributed by atoms with E-state index >= 15 is 0 Å². The van der Waals surface area contributed by atoms with E-state index < -0.39 is 9.84 Å². The first-order valence-corrected chi connectivity index (χ1v) is 7.46. The van der Waals surface area contributed by atoms with Crippen LogP contribution in [0.3, 0.4) is 0 Å². The molecule has 2 rings (SSSR count). The van der Waals surface area contributed by atoms with Gasteiger partial charge in [-0.25, -0.2) is 8.42 Å². The molecule has 5 nitrogen and oxygen atoms in total. The van der Waals surface area contributed by atoms with E-state index in [0.717, 1.165) is 13.0 Å². The average molecular weight is 246 g/mol. The van der Waals surface area contributed by atoms with E-state index in [1.165, 1.54) is 0 Å². The van der Waals surface area contributed by atoms with Crippen molar-refractivity contribution in [2.45, 2.75) is 13.3 Å². The Morgan fingerprint density at radius 1 is 1.31 bits per heavy atom. The Morgan fingerprint density at radius 3 is 2.44 bits per heavy atom. The number of rotatable bonds is 1. The van der Waals surface area contributed by atoms with Crippen molar-refractivity contribution in [3.05, 3.63) is 0 Å². The summed E-state index contributed by atoms with van der Waals surface area (Å²) in [4.78, 5) is 13.9. The highest BCUT2D eigenvalue weighted by Gasteiger charge is 2.40. The number of sulfone groups is 1. The van der Waals surface area contributed by atoms with Crippen molar-refractivity contribution in [1.82, 2.24) is 10.2 Å². The van der Waals surface area contributed by atoms with Gasteiger partial charge in [-0.3, -0.25) is 4.79 Å². The second-order valence-electron chi connectivity index (χ2n) is 4.93. The lowest BCUT2D eigenvalue weighted by atomic mass is 9.88. The molecule has 2 heterocycles. The van der Waals surface area contributed by atoms with Crippen LogP contribution < -0.4 is 5.32 Å². The van der Waals surface area contributed by atoms with E-state index in [4.69, 9.17) is 0 Å². The van der Waals surface area contributed by atoms with Gasteiger partial charge in [0.2, 0.25) is 5.91 Å². The quantitative estimate of drug-likeness (QED) is 0.660. The molecule has 0 aromatic heterocycles. The lowest BCUT2D eigenvalue weighted by Crippen LogP contribution is -2.50. The molecule has 0 bridgehead atoms. The standard InChI is InChI=1S/C10H18N2O3S/c1-10(2-3-11-8-10)9(13)12-4-6-16(14,15)7-5-12/h11H,2-8H2,1H3. The lowest BCUT2D eigenvalue weighted by Gasteiger charge is -2.33. The average Bonchev–Trinajstić information content (AvgIpc) is 2.66. The van der Waals surface area contributed by atoms with Gasteiger partial charge < -0.3 is 10.2 Å². The minimum atomic E-state index is -2.90. The van der Waals surface area contributed by atoms with Crippen LogP contribution in [0.1, 0.15) is 13.3 Å². The predicted octanol–water partition coefficient (Wildman–Crippen LogP) is -0.757. The van der Waals surface area contributed by atoms with Crippen molar-refractivity contribution in [3.8, 4) is 0 Å². The SMILES string of the molecule is CC1(C(=O)N2CCS(=O)(=O)CC2)CCNC1. The minimum Gasteiger partial charge on any atom is -0.340 e. The Bertz CT molecular complexity index is 371. The zero-order valence-corrected chi connectivity index (χ0v) is 10.3. The van der Waals surface area contributed by atoms with Gasteiger partial charge in [0, 0.05) is 19.6 Å². The van der Waals surface area contributed by atoms with Gasteiger partial charge in [0.15, 0.2) is 9.84 Å². The molecule has 0 saturated carbocycles. The Hall–Kier alpha value is -0.620. The summed E-state index contributed by atoms with van der Waals surface area (Å²) in [7, 11) is -2.90. The molecular formula is C10H18N2O3S. The van der Waals surface area contributed by atoms with Crippen LogP contribution in [0.25, 0.3) is 0 Å². The first kappa shape index (κ1) is 11.9. The molecule has 0 aromatic carbocycles. The monoisotopic (exact) mass is 246 g/mol. The molecule has 2 saturated heterocycles.